The van der Waals surface area contributed by atoms with Crippen LogP contribution in [0.25, 0.3) is 0 Å². The van der Waals surface area contributed by atoms with Crippen LogP contribution in [-0.4, -0.2) is 23.1 Å². The highest BCUT2D eigenvalue weighted by Crippen LogP contribution is 2.30. The average molecular weight is 455 g/mol. The van der Waals surface area contributed by atoms with Crippen molar-refractivity contribution >= 4 is 44.6 Å². The number of anilines is 1. The van der Waals surface area contributed by atoms with Gasteiger partial charge in [0, 0.05) is 21.7 Å². The van der Waals surface area contributed by atoms with Crippen molar-refractivity contribution in [1.29, 1.82) is 0 Å². The standard InChI is InChI=1S/C18H16Cl2N4O4S/c1-11-18(22-29(27,28)17-9-4-3-8-16(17)24(25)26)12(2)23(21-11)10-13-14(19)6-5-7-15(13)20/h3-9,22H,10H2,1-2H3. The quantitative estimate of drug-likeness (QED) is 0.433. The summed E-state index contributed by atoms with van der Waals surface area (Å²) in [6.07, 6.45) is 0. The van der Waals surface area contributed by atoms with E-state index in [-0.39, 0.29) is 12.2 Å². The van der Waals surface area contributed by atoms with Crippen LogP contribution in [0.2, 0.25) is 10.0 Å². The van der Waals surface area contributed by atoms with Crippen LogP contribution in [0.15, 0.2) is 47.4 Å². The zero-order valence-corrected chi connectivity index (χ0v) is 17.7. The largest absolute Gasteiger partial charge is 0.289 e. The molecular weight excluding hydrogens is 439 g/mol. The zero-order chi connectivity index (χ0) is 21.3. The van der Waals surface area contributed by atoms with Gasteiger partial charge in [-0.05, 0) is 32.0 Å². The lowest BCUT2D eigenvalue weighted by Crippen LogP contribution is -2.16. The topological polar surface area (TPSA) is 107 Å². The van der Waals surface area contributed by atoms with E-state index in [9.17, 15) is 18.5 Å². The number of nitro groups is 1. The van der Waals surface area contributed by atoms with Gasteiger partial charge in [-0.25, -0.2) is 8.42 Å². The van der Waals surface area contributed by atoms with Gasteiger partial charge in [0.25, 0.3) is 15.7 Å². The minimum Gasteiger partial charge on any atom is -0.276 e. The smallest absolute Gasteiger partial charge is 0.276 e. The van der Waals surface area contributed by atoms with Crippen LogP contribution in [0, 0.1) is 24.0 Å². The molecule has 8 nitrogen and oxygen atoms in total. The number of halogens is 2. The molecule has 0 aliphatic carbocycles. The van der Waals surface area contributed by atoms with Gasteiger partial charge in [0.15, 0.2) is 4.90 Å². The summed E-state index contributed by atoms with van der Waals surface area (Å²) in [5.41, 5.74) is 1.31. The maximum Gasteiger partial charge on any atom is 0.289 e. The molecule has 0 atom stereocenters. The van der Waals surface area contributed by atoms with Gasteiger partial charge in [-0.3, -0.25) is 19.5 Å². The molecule has 0 amide bonds. The molecule has 1 heterocycles. The van der Waals surface area contributed by atoms with Crippen LogP contribution in [0.5, 0.6) is 0 Å². The zero-order valence-electron chi connectivity index (χ0n) is 15.4. The van der Waals surface area contributed by atoms with E-state index in [0.717, 1.165) is 6.07 Å². The molecule has 2 aromatic carbocycles. The van der Waals surface area contributed by atoms with Crippen LogP contribution in [0.4, 0.5) is 11.4 Å². The molecule has 11 heteroatoms. The van der Waals surface area contributed by atoms with Crippen molar-refractivity contribution in [2.75, 3.05) is 4.72 Å². The molecule has 0 saturated carbocycles. The minimum atomic E-state index is -4.21. The minimum absolute atomic E-state index is 0.235. The number of nitrogens with one attached hydrogen (secondary N) is 1. The van der Waals surface area contributed by atoms with Gasteiger partial charge in [-0.1, -0.05) is 41.4 Å². The number of hydrogen-bond acceptors (Lipinski definition) is 5. The number of benzene rings is 2. The third-order valence-electron chi connectivity index (χ3n) is 4.34. The lowest BCUT2D eigenvalue weighted by molar-refractivity contribution is -0.387. The molecule has 0 saturated heterocycles. The Hall–Kier alpha value is -2.62. The van der Waals surface area contributed by atoms with Crippen molar-refractivity contribution in [3.8, 4) is 0 Å². The normalized spacial score (nSPS) is 11.4. The summed E-state index contributed by atoms with van der Waals surface area (Å²) in [5.74, 6) is 0. The molecule has 29 heavy (non-hydrogen) atoms. The highest BCUT2D eigenvalue weighted by atomic mass is 35.5. The van der Waals surface area contributed by atoms with Crippen LogP contribution < -0.4 is 4.72 Å². The first-order chi connectivity index (χ1) is 13.6. The number of para-hydroxylation sites is 1. The molecular formula is C18H16Cl2N4O4S. The first-order valence-corrected chi connectivity index (χ1v) is 10.6. The first kappa shape index (κ1) is 21.1. The highest BCUT2D eigenvalue weighted by Gasteiger charge is 2.27. The second-order valence-electron chi connectivity index (χ2n) is 6.23. The average Bonchev–Trinajstić information content (AvgIpc) is 2.92. The highest BCUT2D eigenvalue weighted by molar-refractivity contribution is 7.92. The molecule has 0 spiro atoms. The van der Waals surface area contributed by atoms with Crippen LogP contribution in [0.1, 0.15) is 17.0 Å². The number of nitro benzene ring substituents is 1. The fraction of sp³-hybridized carbons (Fsp3) is 0.167. The maximum absolute atomic E-state index is 12.8. The molecule has 0 aliphatic heterocycles. The Bertz CT molecular complexity index is 1190. The van der Waals surface area contributed by atoms with Gasteiger partial charge in [-0.15, -0.1) is 0 Å². The monoisotopic (exact) mass is 454 g/mol. The Morgan fingerprint density at radius 2 is 1.72 bits per heavy atom. The van der Waals surface area contributed by atoms with Gasteiger partial charge in [0.1, 0.15) is 0 Å². The Balaban J connectivity index is 1.99. The third kappa shape index (κ3) is 4.21. The molecule has 3 rings (SSSR count). The molecule has 0 fully saturated rings. The van der Waals surface area contributed by atoms with Gasteiger partial charge in [0.2, 0.25) is 0 Å². The van der Waals surface area contributed by atoms with E-state index in [1.54, 1.807) is 36.7 Å². The van der Waals surface area contributed by atoms with Gasteiger partial charge >= 0.3 is 0 Å². The van der Waals surface area contributed by atoms with E-state index in [2.05, 4.69) is 9.82 Å². The third-order valence-corrected chi connectivity index (χ3v) is 6.44. The van der Waals surface area contributed by atoms with Crippen molar-refractivity contribution in [1.82, 2.24) is 9.78 Å². The summed E-state index contributed by atoms with van der Waals surface area (Å²) in [5, 5.41) is 16.5. The lowest BCUT2D eigenvalue weighted by Gasteiger charge is -2.11. The molecule has 0 radical (unpaired) electrons. The lowest BCUT2D eigenvalue weighted by atomic mass is 10.2. The van der Waals surface area contributed by atoms with Crippen molar-refractivity contribution in [3.05, 3.63) is 79.6 Å². The second-order valence-corrected chi connectivity index (χ2v) is 8.70. The van der Waals surface area contributed by atoms with Crippen LogP contribution >= 0.6 is 23.2 Å². The van der Waals surface area contributed by atoms with Crippen LogP contribution in [0.3, 0.4) is 0 Å². The number of sulfonamides is 1. The van der Waals surface area contributed by atoms with Crippen molar-refractivity contribution < 1.29 is 13.3 Å². The molecule has 0 unspecified atom stereocenters. The predicted octanol–water partition coefficient (Wildman–Crippen LogP) is 4.56. The van der Waals surface area contributed by atoms with Gasteiger partial charge in [-0.2, -0.15) is 5.10 Å². The van der Waals surface area contributed by atoms with E-state index in [1.165, 1.54) is 18.2 Å². The van der Waals surface area contributed by atoms with E-state index in [1.807, 2.05) is 0 Å². The van der Waals surface area contributed by atoms with E-state index >= 15 is 0 Å². The number of nitrogens with zero attached hydrogens (tertiary/aromatic N) is 3. The Kier molecular flexibility index (Phi) is 5.83. The summed E-state index contributed by atoms with van der Waals surface area (Å²) in [6.45, 7) is 3.55. The van der Waals surface area contributed by atoms with Crippen LogP contribution in [-0.2, 0) is 16.6 Å². The van der Waals surface area contributed by atoms with E-state index in [0.29, 0.717) is 27.0 Å². The fourth-order valence-electron chi connectivity index (χ4n) is 2.86. The number of rotatable bonds is 6. The molecule has 0 aliphatic rings. The fourth-order valence-corrected chi connectivity index (χ4v) is 4.72. The number of aryl methyl sites for hydroxylation is 1. The summed E-state index contributed by atoms with van der Waals surface area (Å²) in [6, 6.07) is 10.3. The Labute approximate surface area is 177 Å². The van der Waals surface area contributed by atoms with Gasteiger partial charge < -0.3 is 0 Å². The Morgan fingerprint density at radius 3 is 2.34 bits per heavy atom. The number of aromatic nitrogens is 2. The maximum atomic E-state index is 12.8. The SMILES string of the molecule is Cc1nn(Cc2c(Cl)cccc2Cl)c(C)c1NS(=O)(=O)c1ccccc1[N+](=O)[O-]. The van der Waals surface area contributed by atoms with E-state index < -0.39 is 25.5 Å². The molecule has 1 N–H and O–H groups in total. The van der Waals surface area contributed by atoms with Crippen molar-refractivity contribution in [2.45, 2.75) is 25.3 Å². The van der Waals surface area contributed by atoms with Gasteiger partial charge in [0.05, 0.1) is 28.5 Å². The first-order valence-electron chi connectivity index (χ1n) is 8.35. The second kappa shape index (κ2) is 8.02. The van der Waals surface area contributed by atoms with Crippen molar-refractivity contribution in [2.24, 2.45) is 0 Å². The summed E-state index contributed by atoms with van der Waals surface area (Å²) >= 11 is 12.4. The number of hydrogen-bond donors (Lipinski definition) is 1. The van der Waals surface area contributed by atoms with E-state index in [4.69, 9.17) is 23.2 Å². The summed E-state index contributed by atoms with van der Waals surface area (Å²) in [4.78, 5) is 10.0. The van der Waals surface area contributed by atoms with Crippen molar-refractivity contribution in [3.63, 3.8) is 0 Å². The molecule has 3 aromatic rings. The molecule has 1 aromatic heterocycles. The summed E-state index contributed by atoms with van der Waals surface area (Å²) in [7, 11) is -4.21. The molecule has 0 bridgehead atoms. The summed E-state index contributed by atoms with van der Waals surface area (Å²) < 4.78 is 29.6. The predicted molar refractivity (Wildman–Crippen MR) is 111 cm³/mol. The molecule has 152 valence electrons. The Morgan fingerprint density at radius 1 is 1.10 bits per heavy atom.